The molecule has 0 bridgehead atoms. The van der Waals surface area contributed by atoms with Crippen molar-refractivity contribution < 1.29 is 5.11 Å². The Morgan fingerprint density at radius 2 is 1.75 bits per heavy atom. The van der Waals surface area contributed by atoms with Crippen molar-refractivity contribution in [1.29, 1.82) is 5.26 Å². The summed E-state index contributed by atoms with van der Waals surface area (Å²) in [6.45, 7) is 3.86. The van der Waals surface area contributed by atoms with Crippen LogP contribution in [0.25, 0.3) is 11.4 Å². The number of nitrogens with zero attached hydrogens (tertiary/aromatic N) is 2. The van der Waals surface area contributed by atoms with E-state index in [-0.39, 0.29) is 16.3 Å². The zero-order chi connectivity index (χ0) is 20.3. The second-order valence-corrected chi connectivity index (χ2v) is 7.58. The molecule has 0 radical (unpaired) electrons. The summed E-state index contributed by atoms with van der Waals surface area (Å²) < 4.78 is 3.02. The minimum atomic E-state index is -0.132. The number of hydrogen-bond acceptors (Lipinski definition) is 3. The van der Waals surface area contributed by atoms with Gasteiger partial charge in [0.05, 0.1) is 0 Å². The summed E-state index contributed by atoms with van der Waals surface area (Å²) in [6, 6.07) is 21.1. The monoisotopic (exact) mass is 451 g/mol. The van der Waals surface area contributed by atoms with E-state index in [1.807, 2.05) is 85.1 Å². The lowest BCUT2D eigenvalue weighted by Gasteiger charge is -2.11. The molecule has 6 heteroatoms. The number of aromatic nitrogens is 1. The van der Waals surface area contributed by atoms with E-state index in [2.05, 4.69) is 21.2 Å². The topological polar surface area (TPSA) is 61.0 Å². The summed E-state index contributed by atoms with van der Waals surface area (Å²) in [5, 5.41) is 23.5. The molecule has 0 aliphatic rings. The van der Waals surface area contributed by atoms with E-state index in [1.54, 1.807) is 0 Å². The normalized spacial score (nSPS) is 11.5. The molecular weight excluding hydrogens is 434 g/mol. The van der Waals surface area contributed by atoms with Crippen LogP contribution in [0.4, 0.5) is 5.69 Å². The van der Waals surface area contributed by atoms with E-state index in [0.29, 0.717) is 5.56 Å². The fraction of sp³-hybridized carbons (Fsp3) is 0.0909. The van der Waals surface area contributed by atoms with Crippen LogP contribution in [0.3, 0.4) is 0 Å². The molecule has 1 aromatic heterocycles. The number of hydrogen-bond donors (Lipinski definition) is 2. The molecule has 140 valence electrons. The Hall–Kier alpha value is -2.88. The number of benzene rings is 2. The minimum Gasteiger partial charge on any atom is -0.506 e. The Labute approximate surface area is 177 Å². The van der Waals surface area contributed by atoms with Crippen molar-refractivity contribution in [1.82, 2.24) is 4.57 Å². The maximum absolute atomic E-state index is 10.8. The van der Waals surface area contributed by atoms with Gasteiger partial charge in [-0.15, -0.1) is 0 Å². The first-order valence-corrected chi connectivity index (χ1v) is 9.77. The van der Waals surface area contributed by atoms with Crippen molar-refractivity contribution >= 4 is 44.6 Å². The second-order valence-electron chi connectivity index (χ2n) is 6.25. The van der Waals surface area contributed by atoms with Crippen LogP contribution in [-0.4, -0.2) is 14.7 Å². The van der Waals surface area contributed by atoms with Crippen molar-refractivity contribution in [2.45, 2.75) is 13.8 Å². The first kappa shape index (κ1) is 19.9. The number of halogens is 1. The van der Waals surface area contributed by atoms with E-state index in [9.17, 15) is 10.4 Å². The smallest absolute Gasteiger partial charge is 0.145 e. The van der Waals surface area contributed by atoms with Crippen LogP contribution in [0, 0.1) is 25.2 Å². The number of thiocarbonyl (C=S) groups is 1. The molecule has 4 nitrogen and oxygen atoms in total. The lowest BCUT2D eigenvalue weighted by molar-refractivity contribution is 0.510. The SMILES string of the molecule is Cc1cc(/C(O)=C(\C#N)C(=S)Nc2ccccc2)c(C)n1-c1ccc(Br)cc1. The third-order valence-corrected chi connectivity index (χ3v) is 5.21. The van der Waals surface area contributed by atoms with Crippen LogP contribution in [0.1, 0.15) is 17.0 Å². The zero-order valence-corrected chi connectivity index (χ0v) is 17.8. The van der Waals surface area contributed by atoms with E-state index in [1.165, 1.54) is 0 Å². The van der Waals surface area contributed by atoms with E-state index >= 15 is 0 Å². The average molecular weight is 452 g/mol. The third kappa shape index (κ3) is 4.01. The maximum atomic E-state index is 10.8. The van der Waals surface area contributed by atoms with E-state index in [4.69, 9.17) is 12.2 Å². The van der Waals surface area contributed by atoms with Crippen LogP contribution < -0.4 is 5.32 Å². The molecule has 3 rings (SSSR count). The molecule has 2 N–H and O–H groups in total. The molecule has 0 aliphatic carbocycles. The molecule has 0 amide bonds. The molecule has 0 fully saturated rings. The Kier molecular flexibility index (Phi) is 5.98. The van der Waals surface area contributed by atoms with Crippen LogP contribution in [-0.2, 0) is 0 Å². The molecule has 0 saturated carbocycles. The first-order valence-electron chi connectivity index (χ1n) is 8.57. The summed E-state index contributed by atoms with van der Waals surface area (Å²) in [5.74, 6) is -0.132. The molecule has 1 heterocycles. The van der Waals surface area contributed by atoms with Gasteiger partial charge < -0.3 is 15.0 Å². The quantitative estimate of drug-likeness (QED) is 0.218. The lowest BCUT2D eigenvalue weighted by atomic mass is 10.1. The van der Waals surface area contributed by atoms with E-state index < -0.39 is 0 Å². The van der Waals surface area contributed by atoms with Crippen LogP contribution >= 0.6 is 28.1 Å². The summed E-state index contributed by atoms with van der Waals surface area (Å²) in [4.78, 5) is 0.180. The molecule has 28 heavy (non-hydrogen) atoms. The van der Waals surface area contributed by atoms with Gasteiger partial charge in [-0.25, -0.2) is 0 Å². The fourth-order valence-electron chi connectivity index (χ4n) is 3.05. The number of nitriles is 1. The molecule has 2 aromatic carbocycles. The van der Waals surface area contributed by atoms with Crippen molar-refractivity contribution in [3.05, 3.63) is 87.7 Å². The van der Waals surface area contributed by atoms with Gasteiger partial charge in [-0.2, -0.15) is 5.26 Å². The largest absolute Gasteiger partial charge is 0.506 e. The van der Waals surface area contributed by atoms with E-state index in [0.717, 1.165) is 27.2 Å². The van der Waals surface area contributed by atoms with Crippen molar-refractivity contribution in [3.63, 3.8) is 0 Å². The summed E-state index contributed by atoms with van der Waals surface area (Å²) in [6.07, 6.45) is 0. The highest BCUT2D eigenvalue weighted by Gasteiger charge is 2.19. The van der Waals surface area contributed by atoms with Gasteiger partial charge in [-0.1, -0.05) is 46.3 Å². The van der Waals surface area contributed by atoms with Gasteiger partial charge >= 0.3 is 0 Å². The average Bonchev–Trinajstić information content (AvgIpc) is 2.98. The summed E-state index contributed by atoms with van der Waals surface area (Å²) in [5.41, 5.74) is 4.12. The molecule has 0 aliphatic heterocycles. The Bertz CT molecular complexity index is 1090. The van der Waals surface area contributed by atoms with Gasteiger partial charge in [0.25, 0.3) is 0 Å². The Balaban J connectivity index is 2.01. The number of aliphatic hydroxyl groups is 1. The van der Waals surface area contributed by atoms with Crippen LogP contribution in [0.15, 0.2) is 70.7 Å². The van der Waals surface area contributed by atoms with Crippen LogP contribution in [0.2, 0.25) is 0 Å². The van der Waals surface area contributed by atoms with Gasteiger partial charge in [0.15, 0.2) is 0 Å². The number of aliphatic hydroxyl groups excluding tert-OH is 1. The van der Waals surface area contributed by atoms with Gasteiger partial charge in [-0.05, 0) is 56.3 Å². The van der Waals surface area contributed by atoms with Crippen molar-refractivity contribution in [2.75, 3.05) is 5.32 Å². The van der Waals surface area contributed by atoms with Gasteiger partial charge in [0.1, 0.15) is 22.4 Å². The standard InChI is InChI=1S/C22H18BrN3OS/c1-14-12-19(15(2)26(14)18-10-8-16(23)9-11-18)21(27)20(13-24)22(28)25-17-6-4-3-5-7-17/h3-12,27H,1-2H3,(H,25,28)/b21-20-. The van der Waals surface area contributed by atoms with Crippen molar-refractivity contribution in [2.24, 2.45) is 0 Å². The minimum absolute atomic E-state index is 0.0370. The Morgan fingerprint density at radius 1 is 1.11 bits per heavy atom. The van der Waals surface area contributed by atoms with Gasteiger partial charge in [0.2, 0.25) is 0 Å². The number of rotatable bonds is 4. The highest BCUT2D eigenvalue weighted by molar-refractivity contribution is 9.10. The highest BCUT2D eigenvalue weighted by atomic mass is 79.9. The molecule has 0 spiro atoms. The zero-order valence-electron chi connectivity index (χ0n) is 15.4. The number of para-hydroxylation sites is 1. The summed E-state index contributed by atoms with van der Waals surface area (Å²) >= 11 is 8.80. The molecular formula is C22H18BrN3OS. The van der Waals surface area contributed by atoms with Crippen LogP contribution in [0.5, 0.6) is 0 Å². The summed E-state index contributed by atoms with van der Waals surface area (Å²) in [7, 11) is 0. The van der Waals surface area contributed by atoms with Gasteiger partial charge in [0, 0.05) is 32.8 Å². The first-order chi connectivity index (χ1) is 13.4. The van der Waals surface area contributed by atoms with Crippen molar-refractivity contribution in [3.8, 4) is 11.8 Å². The Morgan fingerprint density at radius 3 is 2.36 bits per heavy atom. The molecule has 0 atom stereocenters. The molecule has 0 unspecified atom stereocenters. The highest BCUT2D eigenvalue weighted by Crippen LogP contribution is 2.28. The molecule has 0 saturated heterocycles. The number of anilines is 1. The lowest BCUT2D eigenvalue weighted by Crippen LogP contribution is -2.13. The maximum Gasteiger partial charge on any atom is 0.145 e. The second kappa shape index (κ2) is 8.42. The number of nitrogens with one attached hydrogen (secondary N) is 1. The third-order valence-electron chi connectivity index (χ3n) is 4.38. The number of aryl methyl sites for hydroxylation is 1. The van der Waals surface area contributed by atoms with Gasteiger partial charge in [-0.3, -0.25) is 0 Å². The molecule has 3 aromatic rings. The predicted molar refractivity (Wildman–Crippen MR) is 121 cm³/mol. The fourth-order valence-corrected chi connectivity index (χ4v) is 3.58. The predicted octanol–water partition coefficient (Wildman–Crippen LogP) is 6.09.